The van der Waals surface area contributed by atoms with E-state index in [0.717, 1.165) is 11.1 Å². The van der Waals surface area contributed by atoms with Crippen LogP contribution in [0, 0.1) is 0 Å². The summed E-state index contributed by atoms with van der Waals surface area (Å²) in [6.45, 7) is 5.78. The van der Waals surface area contributed by atoms with Crippen molar-refractivity contribution in [2.75, 3.05) is 7.11 Å². The number of esters is 1. The summed E-state index contributed by atoms with van der Waals surface area (Å²) in [5, 5.41) is 3.44. The first kappa shape index (κ1) is 19.5. The second-order valence-corrected chi connectivity index (χ2v) is 7.38. The van der Waals surface area contributed by atoms with Gasteiger partial charge in [-0.3, -0.25) is 0 Å². The summed E-state index contributed by atoms with van der Waals surface area (Å²) in [5.41, 5.74) is 2.26. The number of fused-ring (bicyclic) bond motifs is 1. The molecule has 0 saturated carbocycles. The van der Waals surface area contributed by atoms with Gasteiger partial charge in [0, 0.05) is 17.5 Å². The average Bonchev–Trinajstić information content (AvgIpc) is 3.09. The third-order valence-electron chi connectivity index (χ3n) is 4.01. The normalized spacial score (nSPS) is 11.3. The summed E-state index contributed by atoms with van der Waals surface area (Å²) in [6.07, 6.45) is -0.468. The van der Waals surface area contributed by atoms with Gasteiger partial charge in [0.15, 0.2) is 0 Å². The number of hydrogen-bond donors (Lipinski definition) is 1. The highest BCUT2D eigenvalue weighted by molar-refractivity contribution is 6.04. The highest BCUT2D eigenvalue weighted by atomic mass is 16.6. The van der Waals surface area contributed by atoms with Crippen molar-refractivity contribution in [3.8, 4) is 11.3 Å². The smallest absolute Gasteiger partial charge is 0.407 e. The number of carbonyl (C=O) groups is 2. The van der Waals surface area contributed by atoms with Crippen molar-refractivity contribution in [3.63, 3.8) is 0 Å². The van der Waals surface area contributed by atoms with Crippen LogP contribution in [0.3, 0.4) is 0 Å². The van der Waals surface area contributed by atoms with Crippen molar-refractivity contribution in [3.05, 3.63) is 59.7 Å². The topological polar surface area (TPSA) is 77.8 Å². The molecule has 1 aromatic heterocycles. The zero-order chi connectivity index (χ0) is 20.3. The van der Waals surface area contributed by atoms with Gasteiger partial charge in [-0.2, -0.15) is 0 Å². The number of nitrogens with one attached hydrogen (secondary N) is 1. The third-order valence-corrected chi connectivity index (χ3v) is 4.01. The van der Waals surface area contributed by atoms with E-state index >= 15 is 0 Å². The van der Waals surface area contributed by atoms with E-state index in [-0.39, 0.29) is 0 Å². The van der Waals surface area contributed by atoms with Crippen molar-refractivity contribution < 1.29 is 23.5 Å². The summed E-state index contributed by atoms with van der Waals surface area (Å²) >= 11 is 0. The van der Waals surface area contributed by atoms with E-state index in [0.29, 0.717) is 28.8 Å². The van der Waals surface area contributed by atoms with Gasteiger partial charge in [-0.1, -0.05) is 24.3 Å². The lowest BCUT2D eigenvalue weighted by atomic mass is 10.1. The monoisotopic (exact) mass is 381 g/mol. The van der Waals surface area contributed by atoms with Crippen LogP contribution in [0.25, 0.3) is 22.3 Å². The molecule has 0 atom stereocenters. The van der Waals surface area contributed by atoms with Crippen molar-refractivity contribution in [1.82, 2.24) is 5.32 Å². The van der Waals surface area contributed by atoms with Crippen LogP contribution in [0.4, 0.5) is 4.79 Å². The Labute approximate surface area is 163 Å². The standard InChI is InChI=1S/C22H23NO5/c1-22(2,3)28-21(25)23-13-14-7-5-8-15(11-14)19-12-17-16(20(24)26-4)9-6-10-18(17)27-19/h5-12H,13H2,1-4H3,(H,23,25). The lowest BCUT2D eigenvalue weighted by Gasteiger charge is -2.19. The number of benzene rings is 2. The number of carbonyl (C=O) groups excluding carboxylic acids is 2. The maximum atomic E-state index is 12.0. The fourth-order valence-electron chi connectivity index (χ4n) is 2.81. The highest BCUT2D eigenvalue weighted by Gasteiger charge is 2.17. The molecule has 0 aliphatic heterocycles. The Morgan fingerprint density at radius 3 is 2.54 bits per heavy atom. The molecular weight excluding hydrogens is 358 g/mol. The zero-order valence-corrected chi connectivity index (χ0v) is 16.4. The minimum Gasteiger partial charge on any atom is -0.465 e. The number of furan rings is 1. The van der Waals surface area contributed by atoms with Crippen molar-refractivity contribution >= 4 is 23.0 Å². The van der Waals surface area contributed by atoms with Gasteiger partial charge >= 0.3 is 12.1 Å². The molecule has 0 fully saturated rings. The number of methoxy groups -OCH3 is 1. The van der Waals surface area contributed by atoms with Crippen LogP contribution in [-0.4, -0.2) is 24.8 Å². The Bertz CT molecular complexity index is 1010. The number of alkyl carbamates (subject to hydrolysis) is 1. The molecule has 6 heteroatoms. The van der Waals surface area contributed by atoms with Gasteiger partial charge in [-0.15, -0.1) is 0 Å². The van der Waals surface area contributed by atoms with Gasteiger partial charge in [0.1, 0.15) is 16.9 Å². The quantitative estimate of drug-likeness (QED) is 0.650. The van der Waals surface area contributed by atoms with Crippen LogP contribution in [0.2, 0.25) is 0 Å². The molecule has 146 valence electrons. The summed E-state index contributed by atoms with van der Waals surface area (Å²) < 4.78 is 16.0. The molecule has 0 unspecified atom stereocenters. The summed E-state index contributed by atoms with van der Waals surface area (Å²) in [4.78, 5) is 23.8. The second kappa shape index (κ2) is 7.76. The number of amides is 1. The third kappa shape index (κ3) is 4.52. The number of rotatable bonds is 4. The van der Waals surface area contributed by atoms with Gasteiger partial charge in [-0.05, 0) is 50.6 Å². The lowest BCUT2D eigenvalue weighted by molar-refractivity contribution is 0.0522. The first-order valence-corrected chi connectivity index (χ1v) is 8.94. The zero-order valence-electron chi connectivity index (χ0n) is 16.4. The van der Waals surface area contributed by atoms with E-state index < -0.39 is 17.7 Å². The lowest BCUT2D eigenvalue weighted by Crippen LogP contribution is -2.32. The van der Waals surface area contributed by atoms with Crippen LogP contribution in [0.15, 0.2) is 52.9 Å². The highest BCUT2D eigenvalue weighted by Crippen LogP contribution is 2.30. The Balaban J connectivity index is 1.82. The minimum absolute atomic E-state index is 0.330. The van der Waals surface area contributed by atoms with Crippen LogP contribution >= 0.6 is 0 Å². The Hall–Kier alpha value is -3.28. The maximum absolute atomic E-state index is 12.0. The Kier molecular flexibility index (Phi) is 5.40. The van der Waals surface area contributed by atoms with Gasteiger partial charge in [0.05, 0.1) is 12.7 Å². The van der Waals surface area contributed by atoms with E-state index in [2.05, 4.69) is 5.32 Å². The predicted molar refractivity (Wildman–Crippen MR) is 106 cm³/mol. The Morgan fingerprint density at radius 2 is 1.82 bits per heavy atom. The molecule has 0 bridgehead atoms. The summed E-state index contributed by atoms with van der Waals surface area (Å²) in [7, 11) is 1.35. The maximum Gasteiger partial charge on any atom is 0.407 e. The van der Waals surface area contributed by atoms with Crippen molar-refractivity contribution in [2.45, 2.75) is 32.9 Å². The molecule has 3 rings (SSSR count). The minimum atomic E-state index is -0.544. The van der Waals surface area contributed by atoms with Crippen LogP contribution in [-0.2, 0) is 16.0 Å². The van der Waals surface area contributed by atoms with Crippen LogP contribution < -0.4 is 5.32 Å². The van der Waals surface area contributed by atoms with Gasteiger partial charge in [0.2, 0.25) is 0 Å². The van der Waals surface area contributed by atoms with Gasteiger partial charge in [0.25, 0.3) is 0 Å². The molecular formula is C22H23NO5. The molecule has 1 amide bonds. The van der Waals surface area contributed by atoms with Gasteiger partial charge in [-0.25, -0.2) is 9.59 Å². The molecule has 0 radical (unpaired) electrons. The first-order valence-electron chi connectivity index (χ1n) is 8.94. The van der Waals surface area contributed by atoms with E-state index in [1.54, 1.807) is 18.2 Å². The van der Waals surface area contributed by atoms with Crippen LogP contribution in [0.1, 0.15) is 36.7 Å². The van der Waals surface area contributed by atoms with Crippen molar-refractivity contribution in [2.24, 2.45) is 0 Å². The molecule has 3 aromatic rings. The molecule has 0 spiro atoms. The fraction of sp³-hybridized carbons (Fsp3) is 0.273. The fourth-order valence-corrected chi connectivity index (χ4v) is 2.81. The van der Waals surface area contributed by atoms with Gasteiger partial charge < -0.3 is 19.2 Å². The average molecular weight is 381 g/mol. The van der Waals surface area contributed by atoms with E-state index in [1.807, 2.05) is 51.1 Å². The first-order chi connectivity index (χ1) is 13.3. The van der Waals surface area contributed by atoms with E-state index in [1.165, 1.54) is 7.11 Å². The molecule has 0 aliphatic rings. The summed E-state index contributed by atoms with van der Waals surface area (Å²) in [6, 6.07) is 14.7. The number of ether oxygens (including phenoxy) is 2. The SMILES string of the molecule is COC(=O)c1cccc2oc(-c3cccc(CNC(=O)OC(C)(C)C)c3)cc12. The van der Waals surface area contributed by atoms with Crippen LogP contribution in [0.5, 0.6) is 0 Å². The molecule has 28 heavy (non-hydrogen) atoms. The predicted octanol–water partition coefficient (Wildman–Crippen LogP) is 4.91. The van der Waals surface area contributed by atoms with E-state index in [9.17, 15) is 9.59 Å². The molecule has 0 aliphatic carbocycles. The molecule has 2 aromatic carbocycles. The molecule has 1 heterocycles. The largest absolute Gasteiger partial charge is 0.465 e. The Morgan fingerprint density at radius 1 is 1.07 bits per heavy atom. The summed E-state index contributed by atoms with van der Waals surface area (Å²) in [5.74, 6) is 0.221. The van der Waals surface area contributed by atoms with Crippen molar-refractivity contribution in [1.29, 1.82) is 0 Å². The molecule has 0 saturated heterocycles. The second-order valence-electron chi connectivity index (χ2n) is 7.38. The number of hydrogen-bond acceptors (Lipinski definition) is 5. The van der Waals surface area contributed by atoms with E-state index in [4.69, 9.17) is 13.9 Å². The molecule has 6 nitrogen and oxygen atoms in total. The molecule has 1 N–H and O–H groups in total.